The molecule has 0 bridgehead atoms. The molecule has 0 saturated carbocycles. The number of rotatable bonds is 6. The van der Waals surface area contributed by atoms with Gasteiger partial charge in [0.1, 0.15) is 5.54 Å². The monoisotopic (exact) mass is 269 g/mol. The number of halogens is 1. The molecular formula is C14H20ClNO2. The van der Waals surface area contributed by atoms with Gasteiger partial charge in [0.05, 0.1) is 0 Å². The molecule has 100 valence electrons. The lowest BCUT2D eigenvalue weighted by Gasteiger charge is -2.39. The lowest BCUT2D eigenvalue weighted by molar-refractivity contribution is -0.152. The topological polar surface area (TPSA) is 40.5 Å². The Bertz CT molecular complexity index is 401. The quantitative estimate of drug-likeness (QED) is 0.861. The van der Waals surface area contributed by atoms with Gasteiger partial charge in [0.25, 0.3) is 0 Å². The van der Waals surface area contributed by atoms with E-state index in [1.165, 1.54) is 0 Å². The molecule has 18 heavy (non-hydrogen) atoms. The average Bonchev–Trinajstić information content (AvgIpc) is 2.36. The van der Waals surface area contributed by atoms with Crippen molar-refractivity contribution < 1.29 is 9.90 Å². The summed E-state index contributed by atoms with van der Waals surface area (Å²) in [6.07, 6.45) is 0.519. The van der Waals surface area contributed by atoms with Crippen molar-refractivity contribution in [3.8, 4) is 0 Å². The van der Waals surface area contributed by atoms with E-state index in [-0.39, 0.29) is 0 Å². The average molecular weight is 270 g/mol. The SMILES string of the molecule is CCN(CC)C(CC)(C(=O)O)c1ccc(Cl)cc1. The number of nitrogens with zero attached hydrogens (tertiary/aromatic N) is 1. The third-order valence-corrected chi connectivity index (χ3v) is 3.74. The maximum absolute atomic E-state index is 11.8. The zero-order valence-corrected chi connectivity index (χ0v) is 11.9. The van der Waals surface area contributed by atoms with E-state index in [0.717, 1.165) is 5.56 Å². The lowest BCUT2D eigenvalue weighted by atomic mass is 9.85. The van der Waals surface area contributed by atoms with Gasteiger partial charge >= 0.3 is 5.97 Å². The number of aliphatic carboxylic acids is 1. The van der Waals surface area contributed by atoms with Gasteiger partial charge in [-0.1, -0.05) is 44.5 Å². The van der Waals surface area contributed by atoms with Crippen LogP contribution in [0.2, 0.25) is 5.02 Å². The summed E-state index contributed by atoms with van der Waals surface area (Å²) >= 11 is 5.87. The zero-order chi connectivity index (χ0) is 13.8. The van der Waals surface area contributed by atoms with Crippen LogP contribution >= 0.6 is 11.6 Å². The first-order valence-electron chi connectivity index (χ1n) is 6.27. The number of carboxylic acid groups (broad SMARTS) is 1. The molecule has 0 saturated heterocycles. The molecule has 0 aliphatic carbocycles. The van der Waals surface area contributed by atoms with Crippen molar-refractivity contribution in [1.29, 1.82) is 0 Å². The van der Waals surface area contributed by atoms with Gasteiger partial charge in [0.2, 0.25) is 0 Å². The fraction of sp³-hybridized carbons (Fsp3) is 0.500. The van der Waals surface area contributed by atoms with E-state index in [2.05, 4.69) is 0 Å². The van der Waals surface area contributed by atoms with Gasteiger partial charge in [0.15, 0.2) is 0 Å². The van der Waals surface area contributed by atoms with Crippen LogP contribution in [0.15, 0.2) is 24.3 Å². The molecule has 0 amide bonds. The van der Waals surface area contributed by atoms with Crippen LogP contribution in [0.5, 0.6) is 0 Å². The largest absolute Gasteiger partial charge is 0.480 e. The van der Waals surface area contributed by atoms with Crippen molar-refractivity contribution in [2.45, 2.75) is 32.7 Å². The maximum Gasteiger partial charge on any atom is 0.328 e. The Balaban J connectivity index is 3.35. The summed E-state index contributed by atoms with van der Waals surface area (Å²) in [5.41, 5.74) is -0.181. The molecule has 0 aliphatic rings. The second kappa shape index (κ2) is 6.21. The fourth-order valence-electron chi connectivity index (χ4n) is 2.51. The predicted octanol–water partition coefficient (Wildman–Crippen LogP) is 3.37. The Morgan fingerprint density at radius 1 is 1.22 bits per heavy atom. The third kappa shape index (κ3) is 2.52. The summed E-state index contributed by atoms with van der Waals surface area (Å²) in [5, 5.41) is 10.3. The highest BCUT2D eigenvalue weighted by Crippen LogP contribution is 2.33. The standard InChI is InChI=1S/C14H20ClNO2/c1-4-14(13(17)18,16(5-2)6-3)11-7-9-12(15)10-8-11/h7-10H,4-6H2,1-3H3,(H,17,18). The number of carbonyl (C=O) groups is 1. The molecular weight excluding hydrogens is 250 g/mol. The first-order chi connectivity index (χ1) is 8.52. The molecule has 1 aromatic carbocycles. The number of benzene rings is 1. The van der Waals surface area contributed by atoms with Crippen molar-refractivity contribution in [3.05, 3.63) is 34.9 Å². The van der Waals surface area contributed by atoms with E-state index in [1.54, 1.807) is 24.3 Å². The van der Waals surface area contributed by atoms with Gasteiger partial charge in [-0.25, -0.2) is 4.79 Å². The molecule has 0 aromatic heterocycles. The molecule has 1 rings (SSSR count). The predicted molar refractivity (Wildman–Crippen MR) is 74.0 cm³/mol. The third-order valence-electron chi connectivity index (χ3n) is 3.49. The van der Waals surface area contributed by atoms with Gasteiger partial charge in [-0.15, -0.1) is 0 Å². The van der Waals surface area contributed by atoms with Crippen molar-refractivity contribution in [2.24, 2.45) is 0 Å². The van der Waals surface area contributed by atoms with Gasteiger partial charge in [-0.05, 0) is 37.2 Å². The van der Waals surface area contributed by atoms with Crippen LogP contribution in [0, 0.1) is 0 Å². The van der Waals surface area contributed by atoms with Crippen LogP contribution in [-0.4, -0.2) is 29.1 Å². The van der Waals surface area contributed by atoms with Crippen molar-refractivity contribution >= 4 is 17.6 Å². The molecule has 1 unspecified atom stereocenters. The van der Waals surface area contributed by atoms with Crippen LogP contribution in [0.3, 0.4) is 0 Å². The molecule has 4 heteroatoms. The first kappa shape index (κ1) is 15.0. The molecule has 0 heterocycles. The molecule has 0 spiro atoms. The summed E-state index contributed by atoms with van der Waals surface area (Å²) in [5.74, 6) is -0.809. The van der Waals surface area contributed by atoms with Crippen LogP contribution in [0.4, 0.5) is 0 Å². The fourth-order valence-corrected chi connectivity index (χ4v) is 2.64. The summed E-state index contributed by atoms with van der Waals surface area (Å²) in [4.78, 5) is 13.8. The molecule has 0 radical (unpaired) electrons. The molecule has 1 atom stereocenters. The molecule has 0 fully saturated rings. The Hall–Kier alpha value is -1.06. The van der Waals surface area contributed by atoms with Crippen LogP contribution < -0.4 is 0 Å². The maximum atomic E-state index is 11.8. The Labute approximate surface area is 113 Å². The van der Waals surface area contributed by atoms with Gasteiger partial charge in [-0.2, -0.15) is 0 Å². The van der Waals surface area contributed by atoms with Crippen molar-refractivity contribution in [1.82, 2.24) is 4.90 Å². The first-order valence-corrected chi connectivity index (χ1v) is 6.65. The number of hydrogen-bond acceptors (Lipinski definition) is 2. The highest BCUT2D eigenvalue weighted by atomic mass is 35.5. The van der Waals surface area contributed by atoms with Gasteiger partial charge in [-0.3, -0.25) is 4.90 Å². The summed E-state index contributed by atoms with van der Waals surface area (Å²) in [6.45, 7) is 7.25. The summed E-state index contributed by atoms with van der Waals surface area (Å²) < 4.78 is 0. The summed E-state index contributed by atoms with van der Waals surface area (Å²) in [7, 11) is 0. The highest BCUT2D eigenvalue weighted by Gasteiger charge is 2.43. The minimum absolute atomic E-state index is 0.519. The molecule has 0 aliphatic heterocycles. The molecule has 1 N–H and O–H groups in total. The molecule has 3 nitrogen and oxygen atoms in total. The minimum atomic E-state index is -0.964. The Kier molecular flexibility index (Phi) is 5.17. The Morgan fingerprint density at radius 2 is 1.72 bits per heavy atom. The number of likely N-dealkylation sites (N-methyl/N-ethyl adjacent to an activating group) is 1. The van der Waals surface area contributed by atoms with E-state index in [4.69, 9.17) is 11.6 Å². The van der Waals surface area contributed by atoms with Gasteiger partial charge in [0, 0.05) is 5.02 Å². The van der Waals surface area contributed by atoms with E-state index in [1.807, 2.05) is 25.7 Å². The van der Waals surface area contributed by atoms with Gasteiger partial charge < -0.3 is 5.11 Å². The van der Waals surface area contributed by atoms with Crippen LogP contribution in [-0.2, 0) is 10.3 Å². The smallest absolute Gasteiger partial charge is 0.328 e. The minimum Gasteiger partial charge on any atom is -0.480 e. The second-order valence-electron chi connectivity index (χ2n) is 4.20. The van der Waals surface area contributed by atoms with E-state index < -0.39 is 11.5 Å². The van der Waals surface area contributed by atoms with Crippen molar-refractivity contribution in [2.75, 3.05) is 13.1 Å². The Morgan fingerprint density at radius 3 is 2.06 bits per heavy atom. The number of hydrogen-bond donors (Lipinski definition) is 1. The second-order valence-corrected chi connectivity index (χ2v) is 4.63. The lowest BCUT2D eigenvalue weighted by Crippen LogP contribution is -2.51. The number of carboxylic acids is 1. The molecule has 1 aromatic rings. The highest BCUT2D eigenvalue weighted by molar-refractivity contribution is 6.30. The van der Waals surface area contributed by atoms with Crippen molar-refractivity contribution in [3.63, 3.8) is 0 Å². The van der Waals surface area contributed by atoms with E-state index in [9.17, 15) is 9.90 Å². The summed E-state index contributed by atoms with van der Waals surface area (Å²) in [6, 6.07) is 7.10. The van der Waals surface area contributed by atoms with E-state index >= 15 is 0 Å². The normalized spacial score (nSPS) is 14.5. The van der Waals surface area contributed by atoms with Crippen LogP contribution in [0.1, 0.15) is 32.8 Å². The van der Waals surface area contributed by atoms with E-state index in [0.29, 0.717) is 24.5 Å². The zero-order valence-electron chi connectivity index (χ0n) is 11.1. The van der Waals surface area contributed by atoms with Crippen LogP contribution in [0.25, 0.3) is 0 Å².